The van der Waals surface area contributed by atoms with E-state index in [4.69, 9.17) is 0 Å². The van der Waals surface area contributed by atoms with Gasteiger partial charge in [0.25, 0.3) is 5.56 Å². The topological polar surface area (TPSA) is 64.0 Å². The summed E-state index contributed by atoms with van der Waals surface area (Å²) in [7, 11) is 0. The van der Waals surface area contributed by atoms with Crippen molar-refractivity contribution in [3.05, 3.63) is 82.6 Å². The molecule has 1 aromatic heterocycles. The van der Waals surface area contributed by atoms with Crippen molar-refractivity contribution in [1.29, 1.82) is 0 Å². The lowest BCUT2D eigenvalue weighted by Crippen LogP contribution is -2.33. The predicted molar refractivity (Wildman–Crippen MR) is 98.5 cm³/mol. The number of carbonyl (C=O) groups excluding carboxylic acids is 1. The number of rotatable bonds is 4. The molecule has 5 nitrogen and oxygen atoms in total. The summed E-state index contributed by atoms with van der Waals surface area (Å²) in [6.45, 7) is 3.58. The van der Waals surface area contributed by atoms with Gasteiger partial charge < -0.3 is 5.32 Å². The van der Waals surface area contributed by atoms with E-state index in [0.29, 0.717) is 5.69 Å². The normalized spacial score (nSPS) is 11.8. The Bertz CT molecular complexity index is 948. The van der Waals surface area contributed by atoms with E-state index in [1.54, 1.807) is 13.0 Å². The number of carbonyl (C=O) groups is 1. The third-order valence-corrected chi connectivity index (χ3v) is 4.04. The van der Waals surface area contributed by atoms with E-state index >= 15 is 0 Å². The van der Waals surface area contributed by atoms with E-state index in [2.05, 4.69) is 10.4 Å². The Morgan fingerprint density at radius 2 is 1.68 bits per heavy atom. The monoisotopic (exact) mass is 333 g/mol. The van der Waals surface area contributed by atoms with E-state index < -0.39 is 6.04 Å². The number of para-hydroxylation sites is 1. The van der Waals surface area contributed by atoms with Gasteiger partial charge in [-0.3, -0.25) is 9.59 Å². The van der Waals surface area contributed by atoms with Gasteiger partial charge in [0.1, 0.15) is 6.04 Å². The number of hydrogen-bond acceptors (Lipinski definition) is 3. The molecule has 2 aromatic carbocycles. The number of amides is 1. The van der Waals surface area contributed by atoms with E-state index in [-0.39, 0.29) is 11.5 Å². The van der Waals surface area contributed by atoms with Gasteiger partial charge in [-0.05, 0) is 31.5 Å². The lowest BCUT2D eigenvalue weighted by molar-refractivity contribution is -0.119. The zero-order chi connectivity index (χ0) is 17.8. The van der Waals surface area contributed by atoms with Crippen LogP contribution in [0.5, 0.6) is 0 Å². The van der Waals surface area contributed by atoms with Crippen molar-refractivity contribution in [2.45, 2.75) is 19.9 Å². The molecular formula is C20H19N3O2. The van der Waals surface area contributed by atoms with Crippen molar-refractivity contribution < 1.29 is 4.79 Å². The summed E-state index contributed by atoms with van der Waals surface area (Å²) < 4.78 is 1.22. The molecule has 1 N–H and O–H groups in total. The molecule has 0 aliphatic rings. The number of aromatic nitrogens is 2. The summed E-state index contributed by atoms with van der Waals surface area (Å²) in [5.41, 5.74) is 2.92. The van der Waals surface area contributed by atoms with Crippen molar-refractivity contribution in [1.82, 2.24) is 9.78 Å². The minimum absolute atomic E-state index is 0.283. The third-order valence-electron chi connectivity index (χ3n) is 4.04. The predicted octanol–water partition coefficient (Wildman–Crippen LogP) is 3.42. The zero-order valence-corrected chi connectivity index (χ0v) is 14.1. The van der Waals surface area contributed by atoms with Crippen LogP contribution in [0.2, 0.25) is 0 Å². The molecule has 0 aliphatic heterocycles. The van der Waals surface area contributed by atoms with Crippen LogP contribution in [0.25, 0.3) is 11.3 Å². The van der Waals surface area contributed by atoms with Crippen LogP contribution in [0.4, 0.5) is 5.69 Å². The molecular weight excluding hydrogens is 314 g/mol. The summed E-state index contributed by atoms with van der Waals surface area (Å²) in [4.78, 5) is 24.7. The Kier molecular flexibility index (Phi) is 4.75. The van der Waals surface area contributed by atoms with Gasteiger partial charge >= 0.3 is 0 Å². The minimum Gasteiger partial charge on any atom is -0.324 e. The molecule has 0 spiro atoms. The smallest absolute Gasteiger partial charge is 0.267 e. The molecule has 1 heterocycles. The maximum atomic E-state index is 12.6. The van der Waals surface area contributed by atoms with Crippen molar-refractivity contribution in [3.8, 4) is 11.3 Å². The molecule has 25 heavy (non-hydrogen) atoms. The Balaban J connectivity index is 1.89. The Morgan fingerprint density at radius 3 is 2.40 bits per heavy atom. The second kappa shape index (κ2) is 7.13. The Morgan fingerprint density at radius 1 is 1.00 bits per heavy atom. The van der Waals surface area contributed by atoms with Gasteiger partial charge in [-0.2, -0.15) is 5.10 Å². The fraction of sp³-hybridized carbons (Fsp3) is 0.150. The van der Waals surface area contributed by atoms with Gasteiger partial charge in [0.15, 0.2) is 0 Å². The van der Waals surface area contributed by atoms with Crippen LogP contribution in [0.1, 0.15) is 18.5 Å². The van der Waals surface area contributed by atoms with Crippen LogP contribution in [0.15, 0.2) is 71.5 Å². The standard InChI is InChI=1S/C20H19N3O2/c1-14-8-6-7-11-17(14)21-20(25)15(2)23-19(24)13-12-18(22-23)16-9-4-3-5-10-16/h3-13,15H,1-2H3,(H,21,25)/t15-/m0/s1. The maximum Gasteiger partial charge on any atom is 0.267 e. The van der Waals surface area contributed by atoms with Crippen LogP contribution in [0.3, 0.4) is 0 Å². The fourth-order valence-electron chi connectivity index (χ4n) is 2.53. The number of hydrogen-bond donors (Lipinski definition) is 1. The Hall–Kier alpha value is -3.21. The van der Waals surface area contributed by atoms with E-state index in [1.165, 1.54) is 10.7 Å². The van der Waals surface area contributed by atoms with Gasteiger partial charge in [-0.15, -0.1) is 0 Å². The van der Waals surface area contributed by atoms with Gasteiger partial charge in [-0.1, -0.05) is 48.5 Å². The highest BCUT2D eigenvalue weighted by Crippen LogP contribution is 2.17. The number of nitrogens with zero attached hydrogens (tertiary/aromatic N) is 2. The van der Waals surface area contributed by atoms with Gasteiger partial charge in [-0.25, -0.2) is 4.68 Å². The van der Waals surface area contributed by atoms with E-state index in [9.17, 15) is 9.59 Å². The van der Waals surface area contributed by atoms with Crippen molar-refractivity contribution >= 4 is 11.6 Å². The average molecular weight is 333 g/mol. The molecule has 3 aromatic rings. The third kappa shape index (κ3) is 3.66. The first-order valence-electron chi connectivity index (χ1n) is 8.08. The highest BCUT2D eigenvalue weighted by Gasteiger charge is 2.18. The second-order valence-electron chi connectivity index (χ2n) is 5.85. The van der Waals surface area contributed by atoms with Crippen LogP contribution in [-0.2, 0) is 4.79 Å². The summed E-state index contributed by atoms with van der Waals surface area (Å²) >= 11 is 0. The molecule has 0 fully saturated rings. The first kappa shape index (κ1) is 16.6. The second-order valence-corrected chi connectivity index (χ2v) is 5.85. The number of benzene rings is 2. The van der Waals surface area contributed by atoms with Crippen LogP contribution in [0, 0.1) is 6.92 Å². The average Bonchev–Trinajstić information content (AvgIpc) is 2.64. The van der Waals surface area contributed by atoms with Crippen LogP contribution < -0.4 is 10.9 Å². The van der Waals surface area contributed by atoms with Crippen molar-refractivity contribution in [2.24, 2.45) is 0 Å². The molecule has 126 valence electrons. The Labute approximate surface area is 145 Å². The highest BCUT2D eigenvalue weighted by molar-refractivity contribution is 5.94. The maximum absolute atomic E-state index is 12.6. The molecule has 0 aliphatic carbocycles. The van der Waals surface area contributed by atoms with Crippen LogP contribution in [-0.4, -0.2) is 15.7 Å². The molecule has 1 amide bonds. The minimum atomic E-state index is -0.726. The molecule has 5 heteroatoms. The summed E-state index contributed by atoms with van der Waals surface area (Å²) in [5, 5.41) is 7.23. The van der Waals surface area contributed by atoms with Gasteiger partial charge in [0.2, 0.25) is 5.91 Å². The summed E-state index contributed by atoms with van der Waals surface area (Å²) in [6, 6.07) is 19.4. The SMILES string of the molecule is Cc1ccccc1NC(=O)[C@H](C)n1nc(-c2ccccc2)ccc1=O. The molecule has 3 rings (SSSR count). The lowest BCUT2D eigenvalue weighted by Gasteiger charge is -2.16. The number of anilines is 1. The quantitative estimate of drug-likeness (QED) is 0.796. The number of nitrogens with one attached hydrogen (secondary N) is 1. The van der Waals surface area contributed by atoms with Gasteiger partial charge in [0.05, 0.1) is 5.69 Å². The lowest BCUT2D eigenvalue weighted by atomic mass is 10.1. The molecule has 0 saturated carbocycles. The molecule has 1 atom stereocenters. The number of aryl methyl sites for hydroxylation is 1. The van der Waals surface area contributed by atoms with Crippen molar-refractivity contribution in [2.75, 3.05) is 5.32 Å². The van der Waals surface area contributed by atoms with Crippen molar-refractivity contribution in [3.63, 3.8) is 0 Å². The first-order chi connectivity index (χ1) is 12.1. The first-order valence-corrected chi connectivity index (χ1v) is 8.08. The fourth-order valence-corrected chi connectivity index (χ4v) is 2.53. The highest BCUT2D eigenvalue weighted by atomic mass is 16.2. The zero-order valence-electron chi connectivity index (χ0n) is 14.1. The molecule has 0 bridgehead atoms. The molecule has 0 saturated heterocycles. The molecule has 0 radical (unpaired) electrons. The molecule has 0 unspecified atom stereocenters. The summed E-state index contributed by atoms with van der Waals surface area (Å²) in [5.74, 6) is -0.283. The van der Waals surface area contributed by atoms with Gasteiger partial charge in [0, 0.05) is 17.3 Å². The van der Waals surface area contributed by atoms with Crippen LogP contribution >= 0.6 is 0 Å². The largest absolute Gasteiger partial charge is 0.324 e. The van der Waals surface area contributed by atoms with E-state index in [1.807, 2.05) is 61.5 Å². The summed E-state index contributed by atoms with van der Waals surface area (Å²) in [6.07, 6.45) is 0. The van der Waals surface area contributed by atoms with E-state index in [0.717, 1.165) is 16.8 Å².